The third-order valence-electron chi connectivity index (χ3n) is 5.66. The second kappa shape index (κ2) is 6.92. The molecule has 31 heavy (non-hydrogen) atoms. The van der Waals surface area contributed by atoms with Crippen LogP contribution in [0.3, 0.4) is 0 Å². The zero-order chi connectivity index (χ0) is 20.9. The average Bonchev–Trinajstić information content (AvgIpc) is 3.51. The van der Waals surface area contributed by atoms with Gasteiger partial charge in [-0.05, 0) is 42.8 Å². The molecule has 0 saturated carbocycles. The number of benzene rings is 2. The third-order valence-corrected chi connectivity index (χ3v) is 5.66. The largest absolute Gasteiger partial charge is 0.477 e. The molecule has 2 aromatic carbocycles. The monoisotopic (exact) mass is 417 g/mol. The molecule has 4 heterocycles. The Balaban J connectivity index is 1.26. The third kappa shape index (κ3) is 3.05. The topological polar surface area (TPSA) is 70.4 Å². The van der Waals surface area contributed by atoms with Crippen LogP contribution in [0, 0.1) is 6.92 Å². The molecule has 1 aromatic heterocycles. The van der Waals surface area contributed by atoms with E-state index in [-0.39, 0.29) is 18.3 Å². The van der Waals surface area contributed by atoms with Gasteiger partial charge in [0.05, 0.1) is 11.8 Å². The summed E-state index contributed by atoms with van der Waals surface area (Å²) < 4.78 is 28.1. The van der Waals surface area contributed by atoms with E-state index in [1.807, 2.05) is 31.2 Å². The minimum absolute atomic E-state index is 0.148. The lowest BCUT2D eigenvalue weighted by atomic mass is 10.00. The van der Waals surface area contributed by atoms with Crippen LogP contribution >= 0.6 is 0 Å². The number of hydrogen-bond donors (Lipinski definition) is 0. The summed E-state index contributed by atoms with van der Waals surface area (Å²) in [5.41, 5.74) is 3.48. The smallest absolute Gasteiger partial charge is 0.232 e. The van der Waals surface area contributed by atoms with Crippen molar-refractivity contribution < 1.29 is 28.2 Å². The van der Waals surface area contributed by atoms with Gasteiger partial charge < -0.3 is 23.4 Å². The van der Waals surface area contributed by atoms with Gasteiger partial charge in [0.25, 0.3) is 0 Å². The SMILES string of the molecule is Cc1c2c(cc3c1O/C(=C\c1ccco1)C3=O)CN(Cc1ccc3c(c1)OCO3)CO2. The molecule has 0 radical (unpaired) electrons. The van der Waals surface area contributed by atoms with Crippen LogP contribution in [0.1, 0.15) is 32.8 Å². The maximum atomic E-state index is 12.9. The molecule has 0 atom stereocenters. The summed E-state index contributed by atoms with van der Waals surface area (Å²) in [6, 6.07) is 11.4. The summed E-state index contributed by atoms with van der Waals surface area (Å²) in [6.07, 6.45) is 3.18. The van der Waals surface area contributed by atoms with Crippen LogP contribution in [0.15, 0.2) is 52.8 Å². The number of Topliss-reactive ketones (excluding diaryl/α,β-unsaturated/α-hetero) is 1. The quantitative estimate of drug-likeness (QED) is 0.589. The van der Waals surface area contributed by atoms with Crippen molar-refractivity contribution in [2.45, 2.75) is 20.0 Å². The maximum absolute atomic E-state index is 12.9. The van der Waals surface area contributed by atoms with Gasteiger partial charge >= 0.3 is 0 Å². The number of nitrogens with zero attached hydrogens (tertiary/aromatic N) is 1. The highest BCUT2D eigenvalue weighted by Gasteiger charge is 2.33. The Kier molecular flexibility index (Phi) is 4.04. The Morgan fingerprint density at radius 2 is 1.97 bits per heavy atom. The van der Waals surface area contributed by atoms with Gasteiger partial charge in [-0.3, -0.25) is 9.69 Å². The van der Waals surface area contributed by atoms with Crippen molar-refractivity contribution in [1.29, 1.82) is 0 Å². The summed E-state index contributed by atoms with van der Waals surface area (Å²) >= 11 is 0. The first kappa shape index (κ1) is 18.1. The van der Waals surface area contributed by atoms with Crippen LogP contribution < -0.4 is 18.9 Å². The number of allylic oxidation sites excluding steroid dienone is 1. The van der Waals surface area contributed by atoms with Crippen LogP contribution in [0.4, 0.5) is 0 Å². The molecular formula is C24H19NO6. The van der Waals surface area contributed by atoms with E-state index in [4.69, 9.17) is 23.4 Å². The number of hydrogen-bond acceptors (Lipinski definition) is 7. The molecule has 3 aliphatic rings. The normalized spacial score (nSPS) is 18.0. The second-order valence-corrected chi connectivity index (χ2v) is 7.77. The van der Waals surface area contributed by atoms with E-state index in [1.165, 1.54) is 0 Å². The van der Waals surface area contributed by atoms with Gasteiger partial charge in [0.1, 0.15) is 24.0 Å². The lowest BCUT2D eigenvalue weighted by Crippen LogP contribution is -2.32. The summed E-state index contributed by atoms with van der Waals surface area (Å²) in [6.45, 7) is 4.00. The molecule has 156 valence electrons. The predicted molar refractivity (Wildman–Crippen MR) is 110 cm³/mol. The summed E-state index contributed by atoms with van der Waals surface area (Å²) in [4.78, 5) is 15.1. The lowest BCUT2D eigenvalue weighted by Gasteiger charge is -2.30. The van der Waals surface area contributed by atoms with E-state index in [9.17, 15) is 4.79 Å². The zero-order valence-electron chi connectivity index (χ0n) is 16.8. The number of fused-ring (bicyclic) bond motifs is 3. The van der Waals surface area contributed by atoms with Gasteiger partial charge in [0.2, 0.25) is 12.6 Å². The van der Waals surface area contributed by atoms with Crippen LogP contribution in [0.25, 0.3) is 6.08 Å². The fourth-order valence-electron chi connectivity index (χ4n) is 4.20. The van der Waals surface area contributed by atoms with Gasteiger partial charge in [-0.25, -0.2) is 0 Å². The van der Waals surface area contributed by atoms with Crippen LogP contribution in [-0.2, 0) is 13.1 Å². The molecule has 0 unspecified atom stereocenters. The van der Waals surface area contributed by atoms with E-state index in [0.29, 0.717) is 36.9 Å². The fraction of sp³-hybridized carbons (Fsp3) is 0.208. The summed E-state index contributed by atoms with van der Waals surface area (Å²) in [7, 11) is 0. The van der Waals surface area contributed by atoms with Crippen molar-refractivity contribution in [3.8, 4) is 23.0 Å². The standard InChI is InChI=1S/C24H19NO6/c1-14-23-16(8-18-22(26)21(31-24(14)18)9-17-3-2-6-27-17)11-25(12-28-23)10-15-4-5-19-20(7-15)30-13-29-19/h2-9H,10-13H2,1H3/b21-9-. The lowest BCUT2D eigenvalue weighted by molar-refractivity contribution is 0.0876. The molecule has 0 saturated heterocycles. The molecule has 3 aliphatic heterocycles. The first-order chi connectivity index (χ1) is 15.2. The van der Waals surface area contributed by atoms with E-state index in [0.717, 1.165) is 33.9 Å². The zero-order valence-corrected chi connectivity index (χ0v) is 16.8. The van der Waals surface area contributed by atoms with Gasteiger partial charge in [-0.15, -0.1) is 0 Å². The first-order valence-electron chi connectivity index (χ1n) is 10.0. The molecule has 0 amide bonds. The van der Waals surface area contributed by atoms with Gasteiger partial charge in [-0.2, -0.15) is 0 Å². The van der Waals surface area contributed by atoms with E-state index in [1.54, 1.807) is 24.5 Å². The maximum Gasteiger partial charge on any atom is 0.232 e. The molecule has 7 nitrogen and oxygen atoms in total. The summed E-state index contributed by atoms with van der Waals surface area (Å²) in [5, 5.41) is 0. The molecule has 7 heteroatoms. The molecule has 0 fully saturated rings. The van der Waals surface area contributed by atoms with Crippen molar-refractivity contribution in [1.82, 2.24) is 4.90 Å². The van der Waals surface area contributed by atoms with E-state index >= 15 is 0 Å². The average molecular weight is 417 g/mol. The minimum Gasteiger partial charge on any atom is -0.477 e. The van der Waals surface area contributed by atoms with Crippen LogP contribution in [0.5, 0.6) is 23.0 Å². The number of carbonyl (C=O) groups excluding carboxylic acids is 1. The molecule has 6 rings (SSSR count). The molecular weight excluding hydrogens is 398 g/mol. The Bertz CT molecular complexity index is 1230. The number of ketones is 1. The Hall–Kier alpha value is -3.71. The van der Waals surface area contributed by atoms with Gasteiger partial charge in [0, 0.05) is 30.3 Å². The number of ether oxygens (including phenoxy) is 4. The molecule has 0 spiro atoms. The molecule has 3 aromatic rings. The number of rotatable bonds is 3. The van der Waals surface area contributed by atoms with Gasteiger partial charge in [0.15, 0.2) is 17.3 Å². The summed E-state index contributed by atoms with van der Waals surface area (Å²) in [5.74, 6) is 3.57. The second-order valence-electron chi connectivity index (χ2n) is 7.77. The first-order valence-corrected chi connectivity index (χ1v) is 10.0. The predicted octanol–water partition coefficient (Wildman–Crippen LogP) is 4.29. The highest BCUT2D eigenvalue weighted by Crippen LogP contribution is 2.43. The van der Waals surface area contributed by atoms with Crippen molar-refractivity contribution in [2.75, 3.05) is 13.5 Å². The Morgan fingerprint density at radius 1 is 1.06 bits per heavy atom. The fourth-order valence-corrected chi connectivity index (χ4v) is 4.20. The van der Waals surface area contributed by atoms with Crippen LogP contribution in [0.2, 0.25) is 0 Å². The van der Waals surface area contributed by atoms with Gasteiger partial charge in [-0.1, -0.05) is 6.07 Å². The van der Waals surface area contributed by atoms with Crippen molar-refractivity contribution in [3.05, 3.63) is 76.4 Å². The minimum atomic E-state index is -0.148. The molecule has 0 aliphatic carbocycles. The Morgan fingerprint density at radius 3 is 2.84 bits per heavy atom. The van der Waals surface area contributed by atoms with Crippen molar-refractivity contribution in [3.63, 3.8) is 0 Å². The van der Waals surface area contributed by atoms with Crippen LogP contribution in [-0.4, -0.2) is 24.2 Å². The van der Waals surface area contributed by atoms with E-state index < -0.39 is 0 Å². The van der Waals surface area contributed by atoms with Crippen molar-refractivity contribution in [2.24, 2.45) is 0 Å². The number of carbonyl (C=O) groups is 1. The number of furan rings is 1. The molecule has 0 bridgehead atoms. The highest BCUT2D eigenvalue weighted by atomic mass is 16.7. The van der Waals surface area contributed by atoms with E-state index in [2.05, 4.69) is 4.90 Å². The van der Waals surface area contributed by atoms with Crippen molar-refractivity contribution >= 4 is 11.9 Å². The Labute approximate surface area is 178 Å². The molecule has 0 N–H and O–H groups in total. The highest BCUT2D eigenvalue weighted by molar-refractivity contribution is 6.15.